The van der Waals surface area contributed by atoms with Crippen LogP contribution in [-0.4, -0.2) is 28.7 Å². The number of rotatable bonds is 5. The van der Waals surface area contributed by atoms with E-state index in [1.165, 1.54) is 0 Å². The van der Waals surface area contributed by atoms with Gasteiger partial charge in [0.25, 0.3) is 0 Å². The van der Waals surface area contributed by atoms with E-state index in [-0.39, 0.29) is 13.0 Å². The Morgan fingerprint density at radius 1 is 0.810 bits per heavy atom. The van der Waals surface area contributed by atoms with Crippen molar-refractivity contribution in [2.45, 2.75) is 6.42 Å². The number of carbonyl (C=O) groups is 2. The average molecular weight is 287 g/mol. The number of hydrogen-bond acceptors (Lipinski definition) is 3. The molecule has 0 aliphatic carbocycles. The van der Waals surface area contributed by atoms with Crippen molar-refractivity contribution in [2.24, 2.45) is 0 Å². The number of carboxylic acids is 2. The van der Waals surface area contributed by atoms with Gasteiger partial charge in [-0.05, 0) is 17.7 Å². The van der Waals surface area contributed by atoms with Gasteiger partial charge in [-0.15, -0.1) is 0 Å². The Kier molecular flexibility index (Phi) is 7.07. The summed E-state index contributed by atoms with van der Waals surface area (Å²) in [5, 5.41) is 19.4. The maximum absolute atomic E-state index is 10.2. The van der Waals surface area contributed by atoms with Gasteiger partial charge in [0.2, 0.25) is 0 Å². The van der Waals surface area contributed by atoms with E-state index in [9.17, 15) is 9.59 Å². The van der Waals surface area contributed by atoms with Crippen LogP contribution in [0.4, 0.5) is 5.69 Å². The summed E-state index contributed by atoms with van der Waals surface area (Å²) in [5.41, 5.74) is 1.67. The van der Waals surface area contributed by atoms with Crippen molar-refractivity contribution in [1.82, 2.24) is 0 Å². The first-order chi connectivity index (χ1) is 10.1. The molecule has 0 unspecified atom stereocenters. The lowest BCUT2D eigenvalue weighted by atomic mass is 10.2. The summed E-state index contributed by atoms with van der Waals surface area (Å²) in [5.74, 6) is -1.64. The Labute approximate surface area is 122 Å². The van der Waals surface area contributed by atoms with Crippen LogP contribution in [0.5, 0.6) is 0 Å². The predicted octanol–water partition coefficient (Wildman–Crippen LogP) is 2.50. The molecule has 110 valence electrons. The molecule has 3 N–H and O–H groups in total. The smallest absolute Gasteiger partial charge is 0.322 e. The van der Waals surface area contributed by atoms with E-state index in [0.29, 0.717) is 0 Å². The monoisotopic (exact) mass is 287 g/mol. The van der Waals surface area contributed by atoms with E-state index in [1.54, 1.807) is 12.1 Å². The minimum atomic E-state index is -0.853. The Morgan fingerprint density at radius 2 is 1.33 bits per heavy atom. The minimum absolute atomic E-state index is 0.0377. The van der Waals surface area contributed by atoms with Gasteiger partial charge in [-0.1, -0.05) is 48.5 Å². The maximum Gasteiger partial charge on any atom is 0.322 e. The van der Waals surface area contributed by atoms with Crippen LogP contribution < -0.4 is 5.32 Å². The summed E-state index contributed by atoms with van der Waals surface area (Å²) < 4.78 is 0. The van der Waals surface area contributed by atoms with Gasteiger partial charge < -0.3 is 15.5 Å². The molecule has 5 heteroatoms. The van der Waals surface area contributed by atoms with E-state index < -0.39 is 11.9 Å². The van der Waals surface area contributed by atoms with Crippen LogP contribution in [0.3, 0.4) is 0 Å². The second kappa shape index (κ2) is 9.14. The highest BCUT2D eigenvalue weighted by Gasteiger charge is 1.96. The molecule has 0 saturated heterocycles. The van der Waals surface area contributed by atoms with Gasteiger partial charge in [-0.25, -0.2) is 0 Å². The second-order valence-corrected chi connectivity index (χ2v) is 4.17. The molecule has 0 amide bonds. The Hall–Kier alpha value is -2.82. The highest BCUT2D eigenvalue weighted by Crippen LogP contribution is 2.03. The molecule has 0 aliphatic rings. The van der Waals surface area contributed by atoms with Crippen molar-refractivity contribution in [2.75, 3.05) is 11.9 Å². The fourth-order valence-electron chi connectivity index (χ4n) is 1.50. The van der Waals surface area contributed by atoms with Gasteiger partial charge in [0.15, 0.2) is 0 Å². The highest BCUT2D eigenvalue weighted by atomic mass is 16.4. The first-order valence-corrected chi connectivity index (χ1v) is 6.34. The van der Waals surface area contributed by atoms with E-state index in [1.807, 2.05) is 48.5 Å². The molecular weight excluding hydrogens is 270 g/mol. The van der Waals surface area contributed by atoms with E-state index >= 15 is 0 Å². The lowest BCUT2D eigenvalue weighted by molar-refractivity contribution is -0.136. The highest BCUT2D eigenvalue weighted by molar-refractivity contribution is 5.72. The summed E-state index contributed by atoms with van der Waals surface area (Å²) in [6, 6.07) is 18.4. The topological polar surface area (TPSA) is 86.6 Å². The van der Waals surface area contributed by atoms with Crippen LogP contribution in [0, 0.1) is 0 Å². The first kappa shape index (κ1) is 16.2. The number of nitrogens with one attached hydrogen (secondary N) is 1. The molecule has 0 spiro atoms. The molecule has 0 heterocycles. The number of hydrogen-bond donors (Lipinski definition) is 3. The van der Waals surface area contributed by atoms with Crippen LogP contribution in [0.1, 0.15) is 5.56 Å². The third-order valence-corrected chi connectivity index (χ3v) is 2.42. The summed E-state index contributed by atoms with van der Waals surface area (Å²) in [7, 11) is 0. The first-order valence-electron chi connectivity index (χ1n) is 6.34. The number of aliphatic carboxylic acids is 2. The standard InChI is InChI=1S/C8H9NO2.C8H8O2/c10-8(11)6-9-7-4-2-1-3-5-7;9-8(10)6-7-4-2-1-3-5-7/h1-5,9H,6H2,(H,10,11);1-5H,6H2,(H,9,10). The molecule has 0 bridgehead atoms. The van der Waals surface area contributed by atoms with Gasteiger partial charge in [0.1, 0.15) is 6.54 Å². The number of anilines is 1. The zero-order valence-corrected chi connectivity index (χ0v) is 11.4. The van der Waals surface area contributed by atoms with Crippen molar-refractivity contribution in [1.29, 1.82) is 0 Å². The molecule has 2 aromatic rings. The Balaban J connectivity index is 0.000000211. The maximum atomic E-state index is 10.2. The van der Waals surface area contributed by atoms with Crippen LogP contribution in [0.25, 0.3) is 0 Å². The van der Waals surface area contributed by atoms with Crippen molar-refractivity contribution in [3.8, 4) is 0 Å². The van der Waals surface area contributed by atoms with E-state index in [0.717, 1.165) is 11.3 Å². The van der Waals surface area contributed by atoms with Crippen LogP contribution in [0.15, 0.2) is 60.7 Å². The predicted molar refractivity (Wildman–Crippen MR) is 80.3 cm³/mol. The molecule has 0 radical (unpaired) electrons. The summed E-state index contributed by atoms with van der Waals surface area (Å²) in [6.45, 7) is -0.0377. The van der Waals surface area contributed by atoms with Crippen LogP contribution >= 0.6 is 0 Å². The zero-order chi connectivity index (χ0) is 15.5. The largest absolute Gasteiger partial charge is 0.481 e. The minimum Gasteiger partial charge on any atom is -0.481 e. The van der Waals surface area contributed by atoms with Crippen LogP contribution in [0.2, 0.25) is 0 Å². The fraction of sp³-hybridized carbons (Fsp3) is 0.125. The number of carboxylic acid groups (broad SMARTS) is 2. The van der Waals surface area contributed by atoms with Gasteiger partial charge in [-0.2, -0.15) is 0 Å². The van der Waals surface area contributed by atoms with Gasteiger partial charge >= 0.3 is 11.9 Å². The Bertz CT molecular complexity index is 555. The molecule has 21 heavy (non-hydrogen) atoms. The van der Waals surface area contributed by atoms with E-state index in [4.69, 9.17) is 10.2 Å². The molecule has 2 aromatic carbocycles. The lowest BCUT2D eigenvalue weighted by Crippen LogP contribution is -2.11. The SMILES string of the molecule is O=C(O)CNc1ccccc1.O=C(O)Cc1ccccc1. The summed E-state index contributed by atoms with van der Waals surface area (Å²) in [6.07, 6.45) is 0.112. The normalized spacial score (nSPS) is 9.14. The second-order valence-electron chi connectivity index (χ2n) is 4.17. The van der Waals surface area contributed by atoms with Crippen LogP contribution in [-0.2, 0) is 16.0 Å². The zero-order valence-electron chi connectivity index (χ0n) is 11.4. The number of benzene rings is 2. The van der Waals surface area contributed by atoms with E-state index in [2.05, 4.69) is 5.32 Å². The molecule has 0 aromatic heterocycles. The fourth-order valence-corrected chi connectivity index (χ4v) is 1.50. The molecule has 0 aliphatic heterocycles. The molecule has 0 saturated carbocycles. The lowest BCUT2D eigenvalue weighted by Gasteiger charge is -2.00. The van der Waals surface area contributed by atoms with Crippen molar-refractivity contribution in [3.05, 3.63) is 66.2 Å². The quantitative estimate of drug-likeness (QED) is 0.786. The third kappa shape index (κ3) is 8.05. The van der Waals surface area contributed by atoms with Gasteiger partial charge in [0.05, 0.1) is 6.42 Å². The molecule has 0 atom stereocenters. The van der Waals surface area contributed by atoms with Crippen molar-refractivity contribution < 1.29 is 19.8 Å². The molecular formula is C16H17NO4. The molecule has 0 fully saturated rings. The summed E-state index contributed by atoms with van der Waals surface area (Å²) in [4.78, 5) is 20.3. The van der Waals surface area contributed by atoms with Gasteiger partial charge in [-0.3, -0.25) is 9.59 Å². The average Bonchev–Trinajstić information content (AvgIpc) is 2.47. The van der Waals surface area contributed by atoms with Gasteiger partial charge in [0, 0.05) is 5.69 Å². The Morgan fingerprint density at radius 3 is 1.81 bits per heavy atom. The third-order valence-electron chi connectivity index (χ3n) is 2.42. The van der Waals surface area contributed by atoms with Crippen molar-refractivity contribution >= 4 is 17.6 Å². The molecule has 2 rings (SSSR count). The van der Waals surface area contributed by atoms with Crippen molar-refractivity contribution in [3.63, 3.8) is 0 Å². The summed E-state index contributed by atoms with van der Waals surface area (Å²) >= 11 is 0. The number of para-hydroxylation sites is 1. The molecule has 5 nitrogen and oxygen atoms in total.